The van der Waals surface area contributed by atoms with E-state index in [9.17, 15) is 9.59 Å². The zero-order valence-electron chi connectivity index (χ0n) is 16.4. The summed E-state index contributed by atoms with van der Waals surface area (Å²) in [6, 6.07) is 6.85. The number of hydrogen-bond acceptors (Lipinski definition) is 3. The van der Waals surface area contributed by atoms with Crippen LogP contribution < -0.4 is 15.1 Å². The van der Waals surface area contributed by atoms with Crippen molar-refractivity contribution in [3.05, 3.63) is 23.8 Å². The van der Waals surface area contributed by atoms with E-state index in [1.807, 2.05) is 24.0 Å². The highest BCUT2D eigenvalue weighted by atomic mass is 16.2. The molecule has 2 fully saturated rings. The summed E-state index contributed by atoms with van der Waals surface area (Å²) in [5.41, 5.74) is 2.93. The van der Waals surface area contributed by atoms with Crippen molar-refractivity contribution in [3.63, 3.8) is 0 Å². The minimum atomic E-state index is 0.00634. The Labute approximate surface area is 162 Å². The van der Waals surface area contributed by atoms with Crippen LogP contribution in [-0.4, -0.2) is 37.0 Å². The van der Waals surface area contributed by atoms with Crippen molar-refractivity contribution in [2.75, 3.05) is 22.9 Å². The number of carbonyl (C=O) groups is 2. The molecular formula is C22H31N3O2. The van der Waals surface area contributed by atoms with E-state index in [1.54, 1.807) is 4.90 Å². The number of benzene rings is 1. The lowest BCUT2D eigenvalue weighted by Crippen LogP contribution is -2.53. The fourth-order valence-corrected chi connectivity index (χ4v) is 4.90. The van der Waals surface area contributed by atoms with Crippen LogP contribution in [0, 0.1) is 6.92 Å². The molecule has 0 aromatic heterocycles. The number of nitrogens with zero attached hydrogens (tertiary/aromatic N) is 2. The molecular weight excluding hydrogens is 338 g/mol. The van der Waals surface area contributed by atoms with Crippen LogP contribution in [-0.2, 0) is 9.59 Å². The molecule has 2 saturated carbocycles. The Morgan fingerprint density at radius 3 is 2.48 bits per heavy atom. The highest BCUT2D eigenvalue weighted by molar-refractivity contribution is 6.11. The summed E-state index contributed by atoms with van der Waals surface area (Å²) in [5.74, 6) is 0.0658. The fraction of sp³-hybridized carbons (Fsp3) is 0.636. The number of anilines is 2. The molecule has 3 aliphatic rings. The van der Waals surface area contributed by atoms with Gasteiger partial charge in [-0.2, -0.15) is 0 Å². The predicted octanol–water partition coefficient (Wildman–Crippen LogP) is 3.54. The summed E-state index contributed by atoms with van der Waals surface area (Å²) in [5, 5.41) is 3.43. The van der Waals surface area contributed by atoms with Gasteiger partial charge in [-0.15, -0.1) is 0 Å². The Hall–Kier alpha value is -1.88. The number of amides is 2. The van der Waals surface area contributed by atoms with Crippen LogP contribution in [0.3, 0.4) is 0 Å². The highest BCUT2D eigenvalue weighted by Gasteiger charge is 2.37. The van der Waals surface area contributed by atoms with Crippen LogP contribution in [0.5, 0.6) is 0 Å². The number of fused-ring (bicyclic) bond motifs is 1. The molecule has 0 spiro atoms. The van der Waals surface area contributed by atoms with Crippen LogP contribution in [0.15, 0.2) is 18.2 Å². The van der Waals surface area contributed by atoms with Crippen molar-refractivity contribution in [1.29, 1.82) is 0 Å². The van der Waals surface area contributed by atoms with E-state index in [-0.39, 0.29) is 24.4 Å². The van der Waals surface area contributed by atoms with E-state index in [4.69, 9.17) is 0 Å². The lowest BCUT2D eigenvalue weighted by molar-refractivity contribution is -0.122. The van der Waals surface area contributed by atoms with Crippen molar-refractivity contribution in [1.82, 2.24) is 5.32 Å². The standard InChI is InChI=1S/C22H31N3O2/c1-16-11-12-19-20(13-16)24(15-22(27)25(19)18-9-5-6-10-18)21(26)14-23-17-7-3-2-4-8-17/h11-13,17-18,23H,2-10,14-15H2,1H3. The number of aryl methyl sites for hydroxylation is 1. The van der Waals surface area contributed by atoms with Gasteiger partial charge in [0, 0.05) is 12.1 Å². The van der Waals surface area contributed by atoms with Crippen LogP contribution in [0.4, 0.5) is 11.4 Å². The topological polar surface area (TPSA) is 52.7 Å². The van der Waals surface area contributed by atoms with Gasteiger partial charge >= 0.3 is 0 Å². The lowest BCUT2D eigenvalue weighted by Gasteiger charge is -2.39. The van der Waals surface area contributed by atoms with Crippen LogP contribution in [0.25, 0.3) is 0 Å². The molecule has 0 unspecified atom stereocenters. The number of rotatable bonds is 4. The molecule has 27 heavy (non-hydrogen) atoms. The second-order valence-corrected chi connectivity index (χ2v) is 8.39. The van der Waals surface area contributed by atoms with Crippen molar-refractivity contribution in [2.45, 2.75) is 76.8 Å². The third kappa shape index (κ3) is 3.88. The average molecular weight is 370 g/mol. The normalized spacial score (nSPS) is 21.6. The van der Waals surface area contributed by atoms with Crippen LogP contribution in [0.2, 0.25) is 0 Å². The molecule has 146 valence electrons. The van der Waals surface area contributed by atoms with E-state index >= 15 is 0 Å². The molecule has 2 aliphatic carbocycles. The second-order valence-electron chi connectivity index (χ2n) is 8.39. The van der Waals surface area contributed by atoms with Gasteiger partial charge < -0.3 is 10.2 Å². The summed E-state index contributed by atoms with van der Waals surface area (Å²) in [6.45, 7) is 2.52. The Bertz CT molecular complexity index is 706. The van der Waals surface area contributed by atoms with Gasteiger partial charge in [0.25, 0.3) is 0 Å². The maximum Gasteiger partial charge on any atom is 0.247 e. The molecule has 1 aromatic carbocycles. The summed E-state index contributed by atoms with van der Waals surface area (Å²) in [7, 11) is 0. The van der Waals surface area contributed by atoms with Crippen LogP contribution >= 0.6 is 0 Å². The summed E-state index contributed by atoms with van der Waals surface area (Å²) in [6.07, 6.45) is 10.6. The van der Waals surface area contributed by atoms with Gasteiger partial charge in [-0.1, -0.05) is 38.2 Å². The Balaban J connectivity index is 1.54. The average Bonchev–Trinajstić information content (AvgIpc) is 3.20. The molecule has 1 aliphatic heterocycles. The van der Waals surface area contributed by atoms with Gasteiger partial charge in [0.05, 0.1) is 17.9 Å². The minimum Gasteiger partial charge on any atom is -0.306 e. The first-order valence-corrected chi connectivity index (χ1v) is 10.6. The van der Waals surface area contributed by atoms with E-state index in [0.29, 0.717) is 12.6 Å². The molecule has 1 heterocycles. The van der Waals surface area contributed by atoms with Gasteiger partial charge in [-0.25, -0.2) is 0 Å². The maximum atomic E-state index is 13.0. The Morgan fingerprint density at radius 1 is 1.04 bits per heavy atom. The largest absolute Gasteiger partial charge is 0.306 e. The molecule has 4 rings (SSSR count). The quantitative estimate of drug-likeness (QED) is 0.883. The van der Waals surface area contributed by atoms with Crippen molar-refractivity contribution in [2.24, 2.45) is 0 Å². The molecule has 0 bridgehead atoms. The van der Waals surface area contributed by atoms with Gasteiger partial charge in [-0.3, -0.25) is 14.5 Å². The van der Waals surface area contributed by atoms with Gasteiger partial charge in [-0.05, 0) is 50.3 Å². The first kappa shape index (κ1) is 18.5. The third-order valence-electron chi connectivity index (χ3n) is 6.38. The van der Waals surface area contributed by atoms with E-state index < -0.39 is 0 Å². The summed E-state index contributed by atoms with van der Waals surface area (Å²) >= 11 is 0. The van der Waals surface area contributed by atoms with Crippen LogP contribution in [0.1, 0.15) is 63.4 Å². The lowest BCUT2D eigenvalue weighted by atomic mass is 9.95. The third-order valence-corrected chi connectivity index (χ3v) is 6.38. The second kappa shape index (κ2) is 8.01. The SMILES string of the molecule is Cc1ccc2c(c1)N(C(=O)CNC1CCCCC1)CC(=O)N2C1CCCC1. The number of carbonyl (C=O) groups excluding carboxylic acids is 2. The molecule has 5 nitrogen and oxygen atoms in total. The molecule has 1 aromatic rings. The predicted molar refractivity (Wildman–Crippen MR) is 108 cm³/mol. The monoisotopic (exact) mass is 369 g/mol. The Kier molecular flexibility index (Phi) is 5.48. The first-order valence-electron chi connectivity index (χ1n) is 10.6. The molecule has 0 atom stereocenters. The van der Waals surface area contributed by atoms with E-state index in [2.05, 4.69) is 11.4 Å². The van der Waals surface area contributed by atoms with E-state index in [1.165, 1.54) is 32.1 Å². The van der Waals surface area contributed by atoms with Gasteiger partial charge in [0.1, 0.15) is 6.54 Å². The zero-order valence-corrected chi connectivity index (χ0v) is 16.4. The summed E-state index contributed by atoms with van der Waals surface area (Å²) in [4.78, 5) is 29.6. The fourth-order valence-electron chi connectivity index (χ4n) is 4.90. The Morgan fingerprint density at radius 2 is 1.74 bits per heavy atom. The summed E-state index contributed by atoms with van der Waals surface area (Å²) < 4.78 is 0. The molecule has 0 radical (unpaired) electrons. The first-order chi connectivity index (χ1) is 13.1. The molecule has 1 N–H and O–H groups in total. The maximum absolute atomic E-state index is 13.0. The highest BCUT2D eigenvalue weighted by Crippen LogP contribution is 2.39. The molecule has 0 saturated heterocycles. The van der Waals surface area contributed by atoms with Crippen molar-refractivity contribution < 1.29 is 9.59 Å². The van der Waals surface area contributed by atoms with E-state index in [0.717, 1.165) is 42.6 Å². The van der Waals surface area contributed by atoms with Gasteiger partial charge in [0.2, 0.25) is 11.8 Å². The van der Waals surface area contributed by atoms with Gasteiger partial charge in [0.15, 0.2) is 0 Å². The molecule has 5 heteroatoms. The number of nitrogens with one attached hydrogen (secondary N) is 1. The van der Waals surface area contributed by atoms with Crippen molar-refractivity contribution in [3.8, 4) is 0 Å². The minimum absolute atomic E-state index is 0.00634. The van der Waals surface area contributed by atoms with Crippen molar-refractivity contribution >= 4 is 23.2 Å². The smallest absolute Gasteiger partial charge is 0.247 e. The molecule has 2 amide bonds. The number of hydrogen-bond donors (Lipinski definition) is 1. The zero-order chi connectivity index (χ0) is 18.8.